The number of nitrogens with one attached hydrogen (secondary N) is 2. The van der Waals surface area contributed by atoms with Gasteiger partial charge in [0.1, 0.15) is 11.9 Å². The van der Waals surface area contributed by atoms with Gasteiger partial charge in [0.25, 0.3) is 5.91 Å². The molecular formula is C14H17FN2O5. The van der Waals surface area contributed by atoms with Crippen molar-refractivity contribution >= 4 is 17.8 Å². The van der Waals surface area contributed by atoms with Crippen molar-refractivity contribution in [3.05, 3.63) is 35.6 Å². The number of hydrogen-bond donors (Lipinski definition) is 3. The molecule has 120 valence electrons. The van der Waals surface area contributed by atoms with E-state index in [1.54, 1.807) is 0 Å². The van der Waals surface area contributed by atoms with E-state index >= 15 is 0 Å². The molecule has 2 amide bonds. The fraction of sp³-hybridized carbons (Fsp3) is 0.357. The lowest BCUT2D eigenvalue weighted by atomic mass is 10.2. The van der Waals surface area contributed by atoms with E-state index in [9.17, 15) is 18.8 Å². The number of carboxylic acid groups (broad SMARTS) is 1. The van der Waals surface area contributed by atoms with Crippen molar-refractivity contribution in [1.82, 2.24) is 10.6 Å². The lowest BCUT2D eigenvalue weighted by Gasteiger charge is -2.14. The first-order valence-electron chi connectivity index (χ1n) is 6.49. The standard InChI is InChI=1S/C14H17FN2O5/c1-22-6-5-11(14(20)21)17-12(18)8-16-13(19)9-3-2-4-10(15)7-9/h2-4,7,11H,5-6,8H2,1H3,(H,16,19)(H,17,18)(H,20,21). The number of rotatable bonds is 8. The van der Waals surface area contributed by atoms with Crippen LogP contribution in [0.5, 0.6) is 0 Å². The van der Waals surface area contributed by atoms with Crippen molar-refractivity contribution < 1.29 is 28.6 Å². The summed E-state index contributed by atoms with van der Waals surface area (Å²) in [5.74, 6) is -3.05. The Kier molecular flexibility index (Phi) is 6.97. The molecule has 1 aromatic rings. The third-order valence-electron chi connectivity index (χ3n) is 2.74. The van der Waals surface area contributed by atoms with Crippen LogP contribution in [-0.2, 0) is 14.3 Å². The number of carbonyl (C=O) groups is 3. The van der Waals surface area contributed by atoms with Gasteiger partial charge in [-0.05, 0) is 18.2 Å². The van der Waals surface area contributed by atoms with Gasteiger partial charge in [-0.1, -0.05) is 6.07 Å². The molecule has 0 aliphatic heterocycles. The van der Waals surface area contributed by atoms with E-state index in [4.69, 9.17) is 9.84 Å². The second-order valence-corrected chi connectivity index (χ2v) is 4.43. The van der Waals surface area contributed by atoms with Crippen molar-refractivity contribution in [2.45, 2.75) is 12.5 Å². The van der Waals surface area contributed by atoms with E-state index < -0.39 is 36.2 Å². The summed E-state index contributed by atoms with van der Waals surface area (Å²) in [6.07, 6.45) is 0.107. The van der Waals surface area contributed by atoms with Crippen LogP contribution in [-0.4, -0.2) is 49.2 Å². The highest BCUT2D eigenvalue weighted by Gasteiger charge is 2.19. The van der Waals surface area contributed by atoms with Crippen LogP contribution in [0, 0.1) is 5.82 Å². The molecule has 1 aromatic carbocycles. The highest BCUT2D eigenvalue weighted by molar-refractivity contribution is 5.96. The van der Waals surface area contributed by atoms with Crippen LogP contribution in [0.2, 0.25) is 0 Å². The summed E-state index contributed by atoms with van der Waals surface area (Å²) in [5, 5.41) is 13.5. The van der Waals surface area contributed by atoms with Gasteiger partial charge in [-0.2, -0.15) is 0 Å². The molecule has 1 unspecified atom stereocenters. The maximum atomic E-state index is 13.0. The van der Waals surface area contributed by atoms with Gasteiger partial charge in [0, 0.05) is 25.7 Å². The first-order valence-corrected chi connectivity index (χ1v) is 6.49. The molecule has 0 aliphatic rings. The second kappa shape index (κ2) is 8.73. The molecule has 0 aliphatic carbocycles. The van der Waals surface area contributed by atoms with Gasteiger partial charge in [0.05, 0.1) is 6.54 Å². The molecule has 8 heteroatoms. The number of amides is 2. The van der Waals surface area contributed by atoms with E-state index in [-0.39, 0.29) is 18.6 Å². The van der Waals surface area contributed by atoms with Gasteiger partial charge in [0.15, 0.2) is 0 Å². The van der Waals surface area contributed by atoms with E-state index in [1.807, 2.05) is 0 Å². The highest BCUT2D eigenvalue weighted by Crippen LogP contribution is 2.02. The molecular weight excluding hydrogens is 295 g/mol. The molecule has 0 radical (unpaired) electrons. The summed E-state index contributed by atoms with van der Waals surface area (Å²) in [6.45, 7) is -0.237. The van der Waals surface area contributed by atoms with E-state index in [0.29, 0.717) is 0 Å². The molecule has 0 spiro atoms. The molecule has 0 aromatic heterocycles. The van der Waals surface area contributed by atoms with Gasteiger partial charge >= 0.3 is 5.97 Å². The molecule has 1 rings (SSSR count). The van der Waals surface area contributed by atoms with Gasteiger partial charge in [-0.25, -0.2) is 9.18 Å². The number of hydrogen-bond acceptors (Lipinski definition) is 4. The number of benzene rings is 1. The summed E-state index contributed by atoms with van der Waals surface area (Å²) >= 11 is 0. The van der Waals surface area contributed by atoms with E-state index in [2.05, 4.69) is 10.6 Å². The lowest BCUT2D eigenvalue weighted by molar-refractivity contribution is -0.142. The molecule has 0 heterocycles. The zero-order valence-corrected chi connectivity index (χ0v) is 12.0. The first-order chi connectivity index (χ1) is 10.4. The smallest absolute Gasteiger partial charge is 0.326 e. The molecule has 3 N–H and O–H groups in total. The SMILES string of the molecule is COCCC(NC(=O)CNC(=O)c1cccc(F)c1)C(=O)O. The van der Waals surface area contributed by atoms with Crippen LogP contribution in [0.25, 0.3) is 0 Å². The van der Waals surface area contributed by atoms with Crippen LogP contribution in [0.1, 0.15) is 16.8 Å². The zero-order chi connectivity index (χ0) is 16.5. The van der Waals surface area contributed by atoms with Crippen LogP contribution in [0.3, 0.4) is 0 Å². The normalized spacial score (nSPS) is 11.5. The van der Waals surface area contributed by atoms with Crippen LogP contribution in [0.15, 0.2) is 24.3 Å². The number of methoxy groups -OCH3 is 1. The van der Waals surface area contributed by atoms with Crippen molar-refractivity contribution in [2.75, 3.05) is 20.3 Å². The minimum atomic E-state index is -1.19. The fourth-order valence-corrected chi connectivity index (χ4v) is 1.63. The Morgan fingerprint density at radius 2 is 2.09 bits per heavy atom. The second-order valence-electron chi connectivity index (χ2n) is 4.43. The molecule has 0 fully saturated rings. The first kappa shape index (κ1) is 17.6. The molecule has 0 bridgehead atoms. The largest absolute Gasteiger partial charge is 0.480 e. The average molecular weight is 312 g/mol. The van der Waals surface area contributed by atoms with Gasteiger partial charge in [0.2, 0.25) is 5.91 Å². The Balaban J connectivity index is 2.47. The zero-order valence-electron chi connectivity index (χ0n) is 12.0. The maximum absolute atomic E-state index is 13.0. The average Bonchev–Trinajstić information content (AvgIpc) is 2.48. The van der Waals surface area contributed by atoms with Crippen molar-refractivity contribution in [2.24, 2.45) is 0 Å². The molecule has 22 heavy (non-hydrogen) atoms. The predicted octanol–water partition coefficient (Wildman–Crippen LogP) is 0.161. The summed E-state index contributed by atoms with van der Waals surface area (Å²) < 4.78 is 17.7. The Morgan fingerprint density at radius 1 is 1.36 bits per heavy atom. The van der Waals surface area contributed by atoms with Gasteiger partial charge in [-0.3, -0.25) is 9.59 Å². The minimum Gasteiger partial charge on any atom is -0.480 e. The van der Waals surface area contributed by atoms with Crippen LogP contribution < -0.4 is 10.6 Å². The summed E-state index contributed by atoms with van der Waals surface area (Å²) in [7, 11) is 1.42. The third kappa shape index (κ3) is 5.88. The number of ether oxygens (including phenoxy) is 1. The summed E-state index contributed by atoms with van der Waals surface area (Å²) in [4.78, 5) is 34.3. The third-order valence-corrected chi connectivity index (χ3v) is 2.74. The van der Waals surface area contributed by atoms with Crippen molar-refractivity contribution in [1.29, 1.82) is 0 Å². The quantitative estimate of drug-likeness (QED) is 0.634. The summed E-state index contributed by atoms with van der Waals surface area (Å²) in [5.41, 5.74) is 0.0713. The number of carboxylic acids is 1. The number of aliphatic carboxylic acids is 1. The fourth-order valence-electron chi connectivity index (χ4n) is 1.63. The Bertz CT molecular complexity index is 550. The van der Waals surface area contributed by atoms with Crippen LogP contribution in [0.4, 0.5) is 4.39 Å². The number of carbonyl (C=O) groups excluding carboxylic acids is 2. The van der Waals surface area contributed by atoms with E-state index in [1.165, 1.54) is 25.3 Å². The monoisotopic (exact) mass is 312 g/mol. The number of halogens is 1. The predicted molar refractivity (Wildman–Crippen MR) is 74.8 cm³/mol. The molecule has 7 nitrogen and oxygen atoms in total. The van der Waals surface area contributed by atoms with Gasteiger partial charge < -0.3 is 20.5 Å². The Hall–Kier alpha value is -2.48. The highest BCUT2D eigenvalue weighted by atomic mass is 19.1. The lowest BCUT2D eigenvalue weighted by Crippen LogP contribution is -2.46. The molecule has 0 saturated heterocycles. The van der Waals surface area contributed by atoms with Crippen molar-refractivity contribution in [3.8, 4) is 0 Å². The van der Waals surface area contributed by atoms with Crippen LogP contribution >= 0.6 is 0 Å². The van der Waals surface area contributed by atoms with Crippen molar-refractivity contribution in [3.63, 3.8) is 0 Å². The molecule has 0 saturated carbocycles. The topological polar surface area (TPSA) is 105 Å². The maximum Gasteiger partial charge on any atom is 0.326 e. The Morgan fingerprint density at radius 3 is 2.68 bits per heavy atom. The minimum absolute atomic E-state index is 0.0713. The Labute approximate surface area is 126 Å². The molecule has 1 atom stereocenters. The van der Waals surface area contributed by atoms with Gasteiger partial charge in [-0.15, -0.1) is 0 Å². The van der Waals surface area contributed by atoms with E-state index in [0.717, 1.165) is 6.07 Å². The summed E-state index contributed by atoms with van der Waals surface area (Å²) in [6, 6.07) is 3.89.